The molecular weight excluding hydrogens is 290 g/mol. The molecule has 23 heavy (non-hydrogen) atoms. The molecule has 118 valence electrons. The van der Waals surface area contributed by atoms with Gasteiger partial charge in [-0.2, -0.15) is 0 Å². The first kappa shape index (κ1) is 14.4. The van der Waals surface area contributed by atoms with Crippen LogP contribution >= 0.6 is 0 Å². The van der Waals surface area contributed by atoms with E-state index in [0.29, 0.717) is 18.4 Å². The van der Waals surface area contributed by atoms with Crippen LogP contribution in [-0.2, 0) is 22.4 Å². The van der Waals surface area contributed by atoms with E-state index >= 15 is 0 Å². The molecule has 0 N–H and O–H groups in total. The maximum absolute atomic E-state index is 12.5. The number of likely N-dealkylation sites (tertiary alicyclic amines) is 1. The third-order valence-corrected chi connectivity index (χ3v) is 5.32. The van der Waals surface area contributed by atoms with Crippen LogP contribution in [0.3, 0.4) is 0 Å². The van der Waals surface area contributed by atoms with Gasteiger partial charge in [0.1, 0.15) is 0 Å². The van der Waals surface area contributed by atoms with Gasteiger partial charge in [-0.1, -0.05) is 24.3 Å². The molecule has 2 aliphatic carbocycles. The Hall–Kier alpha value is -2.23. The van der Waals surface area contributed by atoms with E-state index in [2.05, 4.69) is 0 Å². The summed E-state index contributed by atoms with van der Waals surface area (Å²) in [5, 5.41) is 0. The van der Waals surface area contributed by atoms with E-state index in [1.165, 1.54) is 16.0 Å². The Kier molecular flexibility index (Phi) is 3.40. The quantitative estimate of drug-likeness (QED) is 0.489. The van der Waals surface area contributed by atoms with Crippen molar-refractivity contribution in [2.45, 2.75) is 32.1 Å². The van der Waals surface area contributed by atoms with Crippen LogP contribution in [0, 0.1) is 11.8 Å². The lowest BCUT2D eigenvalue weighted by Gasteiger charge is -2.14. The number of aryl methyl sites for hydroxylation is 2. The van der Waals surface area contributed by atoms with Crippen molar-refractivity contribution >= 4 is 17.6 Å². The second-order valence-electron chi connectivity index (χ2n) is 6.68. The highest BCUT2D eigenvalue weighted by molar-refractivity contribution is 6.10. The molecule has 4 heteroatoms. The molecule has 0 spiro atoms. The topological polar surface area (TPSA) is 54.5 Å². The minimum absolute atomic E-state index is 0.122. The molecule has 1 aromatic carbocycles. The zero-order valence-corrected chi connectivity index (χ0v) is 13.0. The fourth-order valence-corrected chi connectivity index (χ4v) is 4.00. The number of rotatable bonds is 3. The minimum Gasteiger partial charge on any atom is -0.292 e. The molecule has 4 rings (SSSR count). The second-order valence-corrected chi connectivity index (χ2v) is 6.68. The van der Waals surface area contributed by atoms with Crippen molar-refractivity contribution in [1.82, 2.24) is 4.90 Å². The molecule has 0 unspecified atom stereocenters. The lowest BCUT2D eigenvalue weighted by atomic mass is 9.85. The number of fused-ring (bicyclic) bond motifs is 2. The van der Waals surface area contributed by atoms with E-state index in [4.69, 9.17) is 0 Å². The lowest BCUT2D eigenvalue weighted by Crippen LogP contribution is -2.36. The molecular formula is C19H19NO3. The molecule has 4 nitrogen and oxygen atoms in total. The molecule has 1 aliphatic heterocycles. The highest BCUT2D eigenvalue weighted by Crippen LogP contribution is 2.35. The summed E-state index contributed by atoms with van der Waals surface area (Å²) in [6.45, 7) is -0.122. The molecule has 1 fully saturated rings. The van der Waals surface area contributed by atoms with Crippen molar-refractivity contribution in [2.24, 2.45) is 11.8 Å². The number of carbonyl (C=O) groups excluding carboxylic acids is 3. The number of Topliss-reactive ketones (excluding diaryl/α,β-unsaturated/α-hetero) is 1. The zero-order chi connectivity index (χ0) is 16.0. The number of imide groups is 1. The number of allylic oxidation sites excluding steroid dienone is 2. The number of hydrogen-bond acceptors (Lipinski definition) is 3. The fraction of sp³-hybridized carbons (Fsp3) is 0.421. The number of ketones is 1. The number of carbonyl (C=O) groups is 3. The van der Waals surface area contributed by atoms with Crippen LogP contribution in [0.5, 0.6) is 0 Å². The highest BCUT2D eigenvalue weighted by Gasteiger charge is 2.47. The Morgan fingerprint density at radius 3 is 2.35 bits per heavy atom. The van der Waals surface area contributed by atoms with Crippen LogP contribution in [0.15, 0.2) is 30.4 Å². The summed E-state index contributed by atoms with van der Waals surface area (Å²) in [5.41, 5.74) is 3.15. The zero-order valence-electron chi connectivity index (χ0n) is 13.0. The van der Waals surface area contributed by atoms with E-state index < -0.39 is 0 Å². The standard InChI is InChI=1S/C19H19NO3/c21-17(14-9-8-12-4-3-5-13(12)10-14)11-20-18(22)15-6-1-2-7-16(15)19(20)23/h1-2,8-10,15-16H,3-7,11H2/t15-,16-/m1/s1. The number of benzene rings is 1. The molecule has 2 atom stereocenters. The normalized spacial score (nSPS) is 25.7. The van der Waals surface area contributed by atoms with Gasteiger partial charge in [-0.25, -0.2) is 0 Å². The molecule has 1 aromatic rings. The first-order valence-electron chi connectivity index (χ1n) is 8.30. The molecule has 0 aromatic heterocycles. The van der Waals surface area contributed by atoms with Gasteiger partial charge < -0.3 is 0 Å². The van der Waals surface area contributed by atoms with Crippen LogP contribution in [0.4, 0.5) is 0 Å². The molecule has 1 saturated heterocycles. The largest absolute Gasteiger partial charge is 0.292 e. The van der Waals surface area contributed by atoms with Crippen molar-refractivity contribution in [3.63, 3.8) is 0 Å². The lowest BCUT2D eigenvalue weighted by molar-refractivity contribution is -0.139. The number of nitrogens with zero attached hydrogens (tertiary/aromatic N) is 1. The number of amides is 2. The van der Waals surface area contributed by atoms with Crippen molar-refractivity contribution in [3.8, 4) is 0 Å². The predicted molar refractivity (Wildman–Crippen MR) is 84.9 cm³/mol. The van der Waals surface area contributed by atoms with Crippen molar-refractivity contribution < 1.29 is 14.4 Å². The summed E-state index contributed by atoms with van der Waals surface area (Å²) in [4.78, 5) is 38.6. The van der Waals surface area contributed by atoms with Gasteiger partial charge in [-0.3, -0.25) is 19.3 Å². The van der Waals surface area contributed by atoms with Gasteiger partial charge in [-0.05, 0) is 49.3 Å². The van der Waals surface area contributed by atoms with Gasteiger partial charge in [0.2, 0.25) is 11.8 Å². The average Bonchev–Trinajstić information content (AvgIpc) is 3.13. The van der Waals surface area contributed by atoms with Gasteiger partial charge in [0.25, 0.3) is 0 Å². The van der Waals surface area contributed by atoms with Gasteiger partial charge >= 0.3 is 0 Å². The van der Waals surface area contributed by atoms with Gasteiger partial charge in [-0.15, -0.1) is 0 Å². The van der Waals surface area contributed by atoms with Crippen LogP contribution < -0.4 is 0 Å². The van der Waals surface area contributed by atoms with Crippen molar-refractivity contribution in [3.05, 3.63) is 47.0 Å². The van der Waals surface area contributed by atoms with E-state index in [9.17, 15) is 14.4 Å². The Balaban J connectivity index is 1.53. The maximum Gasteiger partial charge on any atom is 0.233 e. The summed E-state index contributed by atoms with van der Waals surface area (Å²) in [6.07, 6.45) is 8.34. The third-order valence-electron chi connectivity index (χ3n) is 5.32. The molecule has 0 saturated carbocycles. The highest BCUT2D eigenvalue weighted by atomic mass is 16.2. The number of hydrogen-bond donors (Lipinski definition) is 0. The Bertz CT molecular complexity index is 708. The van der Waals surface area contributed by atoms with E-state index in [1.54, 1.807) is 0 Å². The van der Waals surface area contributed by atoms with Crippen LogP contribution in [-0.4, -0.2) is 29.0 Å². The molecule has 1 heterocycles. The SMILES string of the molecule is O=C(CN1C(=O)[C@@H]2CC=CC[C@H]2C1=O)c1ccc2c(c1)CCC2. The smallest absolute Gasteiger partial charge is 0.233 e. The van der Waals surface area contributed by atoms with Crippen molar-refractivity contribution in [1.29, 1.82) is 0 Å². The summed E-state index contributed by atoms with van der Waals surface area (Å²) >= 11 is 0. The Morgan fingerprint density at radius 2 is 1.65 bits per heavy atom. The first-order chi connectivity index (χ1) is 11.1. The van der Waals surface area contributed by atoms with Crippen LogP contribution in [0.25, 0.3) is 0 Å². The molecule has 0 radical (unpaired) electrons. The van der Waals surface area contributed by atoms with Crippen LogP contribution in [0.2, 0.25) is 0 Å². The average molecular weight is 309 g/mol. The molecule has 0 bridgehead atoms. The Morgan fingerprint density at radius 1 is 1.00 bits per heavy atom. The van der Waals surface area contributed by atoms with E-state index in [1.807, 2.05) is 30.4 Å². The van der Waals surface area contributed by atoms with Gasteiger partial charge in [0, 0.05) is 5.56 Å². The van der Waals surface area contributed by atoms with Gasteiger partial charge in [0.15, 0.2) is 5.78 Å². The summed E-state index contributed by atoms with van der Waals surface area (Å²) in [7, 11) is 0. The monoisotopic (exact) mass is 309 g/mol. The van der Waals surface area contributed by atoms with Crippen molar-refractivity contribution in [2.75, 3.05) is 6.54 Å². The summed E-state index contributed by atoms with van der Waals surface area (Å²) < 4.78 is 0. The van der Waals surface area contributed by atoms with E-state index in [0.717, 1.165) is 19.3 Å². The van der Waals surface area contributed by atoms with E-state index in [-0.39, 0.29) is 36.0 Å². The summed E-state index contributed by atoms with van der Waals surface area (Å²) in [5.74, 6) is -1.04. The third kappa shape index (κ3) is 2.33. The minimum atomic E-state index is -0.264. The summed E-state index contributed by atoms with van der Waals surface area (Å²) in [6, 6.07) is 5.77. The fourth-order valence-electron chi connectivity index (χ4n) is 4.00. The second kappa shape index (κ2) is 5.44. The first-order valence-corrected chi connectivity index (χ1v) is 8.30. The Labute approximate surface area is 135 Å². The van der Waals surface area contributed by atoms with Gasteiger partial charge in [0.05, 0.1) is 18.4 Å². The molecule has 3 aliphatic rings. The maximum atomic E-state index is 12.5. The van der Waals surface area contributed by atoms with Crippen LogP contribution in [0.1, 0.15) is 40.7 Å². The predicted octanol–water partition coefficient (Wildman–Crippen LogP) is 2.31. The molecule has 2 amide bonds.